The summed E-state index contributed by atoms with van der Waals surface area (Å²) in [6.07, 6.45) is 10.6. The molecule has 0 fully saturated rings. The molecule has 0 saturated heterocycles. The third kappa shape index (κ3) is 2.07. The number of hydrogen-bond donors (Lipinski definition) is 1. The van der Waals surface area contributed by atoms with Crippen LogP contribution in [-0.4, -0.2) is 12.6 Å². The molecule has 0 aliphatic heterocycles. The van der Waals surface area contributed by atoms with Gasteiger partial charge >= 0.3 is 0 Å². The molecule has 0 heterocycles. The first kappa shape index (κ1) is 10.7. The fraction of sp³-hybridized carbons (Fsp3) is 0.571. The molecule has 0 radical (unpaired) electrons. The molecule has 1 nitrogen and oxygen atoms in total. The van der Waals surface area contributed by atoms with Gasteiger partial charge in [-0.25, -0.2) is 0 Å². The van der Waals surface area contributed by atoms with Gasteiger partial charge in [0.15, 0.2) is 0 Å². The van der Waals surface area contributed by atoms with Gasteiger partial charge < -0.3 is 5.32 Å². The quantitative estimate of drug-likeness (QED) is 0.694. The van der Waals surface area contributed by atoms with E-state index < -0.39 is 0 Å². The minimum Gasteiger partial charge on any atom is -0.313 e. The Balaban J connectivity index is 2.14. The number of nitrogens with one attached hydrogen (secondary N) is 1. The van der Waals surface area contributed by atoms with Crippen LogP contribution in [0.5, 0.6) is 0 Å². The highest BCUT2D eigenvalue weighted by molar-refractivity contribution is 5.38. The average molecular weight is 203 g/mol. The monoisotopic (exact) mass is 203 g/mol. The minimum absolute atomic E-state index is 0.269. The van der Waals surface area contributed by atoms with Crippen LogP contribution < -0.4 is 5.32 Å². The van der Waals surface area contributed by atoms with E-state index in [0.717, 1.165) is 6.42 Å². The third-order valence-electron chi connectivity index (χ3n) is 3.64. The lowest BCUT2D eigenvalue weighted by Crippen LogP contribution is -2.41. The van der Waals surface area contributed by atoms with Crippen molar-refractivity contribution < 1.29 is 0 Å². The second kappa shape index (κ2) is 3.97. The molecule has 15 heavy (non-hydrogen) atoms. The summed E-state index contributed by atoms with van der Waals surface area (Å²) in [6, 6.07) is 0. The first-order chi connectivity index (χ1) is 7.15. The van der Waals surface area contributed by atoms with E-state index in [4.69, 9.17) is 0 Å². The summed E-state index contributed by atoms with van der Waals surface area (Å²) >= 11 is 0. The summed E-state index contributed by atoms with van der Waals surface area (Å²) in [5.41, 5.74) is 4.81. The van der Waals surface area contributed by atoms with E-state index in [1.54, 1.807) is 11.1 Å². The minimum atomic E-state index is 0.269. The Morgan fingerprint density at radius 3 is 2.93 bits per heavy atom. The Morgan fingerprint density at radius 2 is 2.33 bits per heavy atom. The predicted octanol–water partition coefficient (Wildman–Crippen LogP) is 3.35. The van der Waals surface area contributed by atoms with Gasteiger partial charge in [-0.15, -0.1) is 6.58 Å². The first-order valence-corrected chi connectivity index (χ1v) is 5.86. The Labute approximate surface area is 93.0 Å². The van der Waals surface area contributed by atoms with Crippen molar-refractivity contribution in [2.45, 2.75) is 44.6 Å². The van der Waals surface area contributed by atoms with Crippen LogP contribution >= 0.6 is 0 Å². The lowest BCUT2D eigenvalue weighted by atomic mass is 9.87. The zero-order chi connectivity index (χ0) is 10.9. The summed E-state index contributed by atoms with van der Waals surface area (Å²) in [7, 11) is 2.09. The zero-order valence-corrected chi connectivity index (χ0v) is 9.90. The van der Waals surface area contributed by atoms with Crippen molar-refractivity contribution in [1.29, 1.82) is 0 Å². The lowest BCUT2D eigenvalue weighted by molar-refractivity contribution is 0.361. The molecule has 0 amide bonds. The van der Waals surface area contributed by atoms with E-state index in [1.807, 2.05) is 0 Å². The molecular weight excluding hydrogens is 182 g/mol. The van der Waals surface area contributed by atoms with Gasteiger partial charge in [-0.1, -0.05) is 23.3 Å². The van der Waals surface area contributed by atoms with E-state index in [-0.39, 0.29) is 5.54 Å². The molecule has 0 spiro atoms. The van der Waals surface area contributed by atoms with Crippen molar-refractivity contribution in [3.63, 3.8) is 0 Å². The summed E-state index contributed by atoms with van der Waals surface area (Å²) in [5, 5.41) is 3.53. The van der Waals surface area contributed by atoms with E-state index in [0.29, 0.717) is 0 Å². The molecule has 82 valence electrons. The van der Waals surface area contributed by atoms with Crippen LogP contribution in [0, 0.1) is 0 Å². The van der Waals surface area contributed by atoms with Gasteiger partial charge in [-0.3, -0.25) is 0 Å². The van der Waals surface area contributed by atoms with Crippen molar-refractivity contribution in [2.24, 2.45) is 0 Å². The van der Waals surface area contributed by atoms with Crippen LogP contribution in [0.15, 0.2) is 35.5 Å². The van der Waals surface area contributed by atoms with E-state index in [2.05, 4.69) is 38.0 Å². The van der Waals surface area contributed by atoms with Gasteiger partial charge in [-0.2, -0.15) is 0 Å². The topological polar surface area (TPSA) is 12.0 Å². The second-order valence-electron chi connectivity index (χ2n) is 5.09. The Morgan fingerprint density at radius 1 is 1.53 bits per heavy atom. The Bertz CT molecular complexity index is 335. The van der Waals surface area contributed by atoms with Gasteiger partial charge in [0.05, 0.1) is 0 Å². The number of rotatable bonds is 3. The highest BCUT2D eigenvalue weighted by atomic mass is 14.9. The molecule has 2 rings (SSSR count). The maximum atomic E-state index is 4.05. The molecule has 2 aliphatic rings. The number of allylic oxidation sites excluding steroid dienone is 2. The van der Waals surface area contributed by atoms with Gasteiger partial charge in [0.2, 0.25) is 0 Å². The first-order valence-electron chi connectivity index (χ1n) is 5.86. The van der Waals surface area contributed by atoms with Crippen LogP contribution in [0.25, 0.3) is 0 Å². The Kier molecular flexibility index (Phi) is 2.83. The second-order valence-corrected chi connectivity index (χ2v) is 5.09. The molecule has 0 aromatic carbocycles. The molecule has 0 bridgehead atoms. The molecule has 0 aromatic rings. The smallest absolute Gasteiger partial charge is 0.0293 e. The van der Waals surface area contributed by atoms with Crippen molar-refractivity contribution in [1.82, 2.24) is 5.32 Å². The van der Waals surface area contributed by atoms with Gasteiger partial charge in [0, 0.05) is 5.54 Å². The maximum Gasteiger partial charge on any atom is 0.0293 e. The van der Waals surface area contributed by atoms with Crippen molar-refractivity contribution in [3.8, 4) is 0 Å². The van der Waals surface area contributed by atoms with Gasteiger partial charge in [-0.05, 0) is 51.6 Å². The molecule has 2 aliphatic carbocycles. The molecule has 0 aromatic heterocycles. The fourth-order valence-corrected chi connectivity index (χ4v) is 2.95. The highest BCUT2D eigenvalue weighted by Gasteiger charge is 2.36. The maximum absolute atomic E-state index is 4.05. The van der Waals surface area contributed by atoms with Crippen LogP contribution in [0.1, 0.15) is 39.0 Å². The normalized spacial score (nSPS) is 29.5. The van der Waals surface area contributed by atoms with Crippen LogP contribution in [-0.2, 0) is 0 Å². The third-order valence-corrected chi connectivity index (χ3v) is 3.64. The molecule has 1 N–H and O–H groups in total. The molecule has 1 heteroatoms. The predicted molar refractivity (Wildman–Crippen MR) is 65.9 cm³/mol. The molecule has 1 unspecified atom stereocenters. The largest absolute Gasteiger partial charge is 0.313 e. The molecule has 0 saturated carbocycles. The van der Waals surface area contributed by atoms with E-state index in [1.165, 1.54) is 31.3 Å². The Hall–Kier alpha value is -0.820. The van der Waals surface area contributed by atoms with Crippen molar-refractivity contribution >= 4 is 0 Å². The summed E-state index contributed by atoms with van der Waals surface area (Å²) in [4.78, 5) is 0. The van der Waals surface area contributed by atoms with E-state index >= 15 is 0 Å². The summed E-state index contributed by atoms with van der Waals surface area (Å²) in [6.45, 7) is 6.18. The van der Waals surface area contributed by atoms with Crippen molar-refractivity contribution in [3.05, 3.63) is 35.5 Å². The average Bonchev–Trinajstić information content (AvgIpc) is 2.55. The van der Waals surface area contributed by atoms with Crippen LogP contribution in [0.4, 0.5) is 0 Å². The standard InChI is InChI=1S/C14H21N/c1-11(2)8-14(15-3)9-12-6-4-5-7-13(12)10-14/h4,6,15H,1,5,7-10H2,2-3H3. The molecular formula is C14H21N. The SMILES string of the molecule is C=C(C)CC1(NC)CC2=C(CCC=C2)C1. The van der Waals surface area contributed by atoms with Gasteiger partial charge in [0.1, 0.15) is 0 Å². The zero-order valence-electron chi connectivity index (χ0n) is 9.90. The van der Waals surface area contributed by atoms with Crippen LogP contribution in [0.3, 0.4) is 0 Å². The lowest BCUT2D eigenvalue weighted by Gasteiger charge is -2.29. The summed E-state index contributed by atoms with van der Waals surface area (Å²) < 4.78 is 0. The fourth-order valence-electron chi connectivity index (χ4n) is 2.95. The highest BCUT2D eigenvalue weighted by Crippen LogP contribution is 2.42. The van der Waals surface area contributed by atoms with E-state index in [9.17, 15) is 0 Å². The van der Waals surface area contributed by atoms with Gasteiger partial charge in [0.25, 0.3) is 0 Å². The van der Waals surface area contributed by atoms with Crippen molar-refractivity contribution in [2.75, 3.05) is 7.05 Å². The number of hydrogen-bond acceptors (Lipinski definition) is 1. The molecule has 1 atom stereocenters. The summed E-state index contributed by atoms with van der Waals surface area (Å²) in [5.74, 6) is 0. The van der Waals surface area contributed by atoms with Crippen LogP contribution in [0.2, 0.25) is 0 Å².